The molecule has 0 aliphatic carbocycles. The molecule has 0 unspecified atom stereocenters. The first-order valence-corrected chi connectivity index (χ1v) is 6.09. The standard InChI is InChI=1S/C15H12F3NO2/c1-9-7-19-8-10(2)13(9)11-3-5-12(6-4-11)21-14(20)15(16,17)18/h3-8H,1-2H3. The van der Waals surface area contributed by atoms with E-state index in [-0.39, 0.29) is 5.75 Å². The quantitative estimate of drug-likeness (QED) is 0.624. The minimum absolute atomic E-state index is 0.148. The Labute approximate surface area is 119 Å². The van der Waals surface area contributed by atoms with Crippen LogP contribution in [0.1, 0.15) is 11.1 Å². The first-order valence-electron chi connectivity index (χ1n) is 6.09. The van der Waals surface area contributed by atoms with Crippen LogP contribution in [0.5, 0.6) is 5.75 Å². The van der Waals surface area contributed by atoms with Crippen molar-refractivity contribution in [3.63, 3.8) is 0 Å². The number of aryl methyl sites for hydroxylation is 2. The summed E-state index contributed by atoms with van der Waals surface area (Å²) in [6, 6.07) is 5.87. The Morgan fingerprint density at radius 2 is 1.57 bits per heavy atom. The normalized spacial score (nSPS) is 11.3. The summed E-state index contributed by atoms with van der Waals surface area (Å²) in [5, 5.41) is 0. The van der Waals surface area contributed by atoms with Crippen molar-refractivity contribution in [1.82, 2.24) is 4.98 Å². The number of hydrogen-bond donors (Lipinski definition) is 0. The van der Waals surface area contributed by atoms with E-state index in [0.29, 0.717) is 0 Å². The maximum Gasteiger partial charge on any atom is 0.491 e. The molecule has 1 aromatic heterocycles. The zero-order chi connectivity index (χ0) is 15.6. The topological polar surface area (TPSA) is 39.2 Å². The van der Waals surface area contributed by atoms with Crippen molar-refractivity contribution in [2.24, 2.45) is 0 Å². The molecule has 21 heavy (non-hydrogen) atoms. The van der Waals surface area contributed by atoms with Gasteiger partial charge in [0, 0.05) is 12.4 Å². The highest BCUT2D eigenvalue weighted by molar-refractivity contribution is 5.78. The van der Waals surface area contributed by atoms with E-state index in [2.05, 4.69) is 9.72 Å². The molecule has 0 amide bonds. The van der Waals surface area contributed by atoms with E-state index in [0.717, 1.165) is 22.3 Å². The van der Waals surface area contributed by atoms with Gasteiger partial charge in [-0.25, -0.2) is 4.79 Å². The van der Waals surface area contributed by atoms with Gasteiger partial charge in [-0.2, -0.15) is 13.2 Å². The van der Waals surface area contributed by atoms with Gasteiger partial charge in [0.25, 0.3) is 0 Å². The van der Waals surface area contributed by atoms with Gasteiger partial charge in [0.05, 0.1) is 0 Å². The van der Waals surface area contributed by atoms with Crippen LogP contribution in [0.2, 0.25) is 0 Å². The Hall–Kier alpha value is -2.37. The molecule has 0 spiro atoms. The van der Waals surface area contributed by atoms with Gasteiger partial charge in [0.2, 0.25) is 0 Å². The molecule has 0 aliphatic heterocycles. The molecule has 2 aromatic rings. The molecule has 110 valence electrons. The van der Waals surface area contributed by atoms with Crippen LogP contribution in [0.3, 0.4) is 0 Å². The third-order valence-electron chi connectivity index (χ3n) is 2.91. The average Bonchev–Trinajstić information content (AvgIpc) is 2.39. The summed E-state index contributed by atoms with van der Waals surface area (Å²) >= 11 is 0. The molecule has 1 aromatic carbocycles. The van der Waals surface area contributed by atoms with Crippen molar-refractivity contribution >= 4 is 5.97 Å². The lowest BCUT2D eigenvalue weighted by atomic mass is 9.98. The van der Waals surface area contributed by atoms with Gasteiger partial charge >= 0.3 is 12.1 Å². The number of hydrogen-bond acceptors (Lipinski definition) is 3. The number of nitrogens with zero attached hydrogens (tertiary/aromatic N) is 1. The number of benzene rings is 1. The van der Waals surface area contributed by atoms with Crippen molar-refractivity contribution in [2.45, 2.75) is 20.0 Å². The first kappa shape index (κ1) is 15.0. The van der Waals surface area contributed by atoms with Crippen LogP contribution in [0.25, 0.3) is 11.1 Å². The first-order chi connectivity index (χ1) is 9.79. The zero-order valence-corrected chi connectivity index (χ0v) is 11.4. The Morgan fingerprint density at radius 3 is 2.05 bits per heavy atom. The highest BCUT2D eigenvalue weighted by Crippen LogP contribution is 2.28. The smallest absolute Gasteiger partial charge is 0.420 e. The van der Waals surface area contributed by atoms with Crippen LogP contribution in [0.15, 0.2) is 36.7 Å². The number of carbonyl (C=O) groups is 1. The fourth-order valence-electron chi connectivity index (χ4n) is 2.01. The van der Waals surface area contributed by atoms with Gasteiger partial charge in [-0.3, -0.25) is 4.98 Å². The molecule has 6 heteroatoms. The predicted octanol–water partition coefficient (Wildman–Crippen LogP) is 3.83. The molecule has 0 bridgehead atoms. The number of carbonyl (C=O) groups excluding carboxylic acids is 1. The fourth-order valence-corrected chi connectivity index (χ4v) is 2.01. The van der Waals surface area contributed by atoms with Gasteiger partial charge in [0.1, 0.15) is 5.75 Å². The van der Waals surface area contributed by atoms with E-state index in [4.69, 9.17) is 0 Å². The zero-order valence-electron chi connectivity index (χ0n) is 11.4. The maximum absolute atomic E-state index is 12.1. The van der Waals surface area contributed by atoms with Crippen LogP contribution in [-0.2, 0) is 4.79 Å². The number of rotatable bonds is 2. The summed E-state index contributed by atoms with van der Waals surface area (Å²) in [5.41, 5.74) is 3.68. The van der Waals surface area contributed by atoms with Crippen molar-refractivity contribution in [2.75, 3.05) is 0 Å². The van der Waals surface area contributed by atoms with Gasteiger partial charge in [-0.15, -0.1) is 0 Å². The number of esters is 1. The largest absolute Gasteiger partial charge is 0.491 e. The third kappa shape index (κ3) is 3.39. The molecule has 3 nitrogen and oxygen atoms in total. The molecule has 0 saturated carbocycles. The average molecular weight is 295 g/mol. The van der Waals surface area contributed by atoms with Crippen molar-refractivity contribution in [1.29, 1.82) is 0 Å². The number of halogens is 3. The second kappa shape index (κ2) is 5.55. The molecular formula is C15H12F3NO2. The van der Waals surface area contributed by atoms with Crippen molar-refractivity contribution in [3.05, 3.63) is 47.8 Å². The lowest BCUT2D eigenvalue weighted by Gasteiger charge is -2.11. The molecule has 0 aliphatic rings. The SMILES string of the molecule is Cc1cncc(C)c1-c1ccc(OC(=O)C(F)(F)F)cc1. The summed E-state index contributed by atoms with van der Waals surface area (Å²) in [5.74, 6) is -2.38. The summed E-state index contributed by atoms with van der Waals surface area (Å²) < 4.78 is 40.6. The molecular weight excluding hydrogens is 283 g/mol. The number of ether oxygens (including phenoxy) is 1. The summed E-state index contributed by atoms with van der Waals surface area (Å²) in [6.07, 6.45) is -1.59. The molecule has 0 saturated heterocycles. The highest BCUT2D eigenvalue weighted by atomic mass is 19.4. The lowest BCUT2D eigenvalue weighted by Crippen LogP contribution is -2.27. The van der Waals surface area contributed by atoms with Gasteiger partial charge in [-0.05, 0) is 48.2 Å². The second-order valence-electron chi connectivity index (χ2n) is 4.56. The van der Waals surface area contributed by atoms with E-state index in [9.17, 15) is 18.0 Å². The van der Waals surface area contributed by atoms with E-state index >= 15 is 0 Å². The van der Waals surface area contributed by atoms with Gasteiger partial charge in [-0.1, -0.05) is 12.1 Å². The Kier molecular flexibility index (Phi) is 3.97. The third-order valence-corrected chi connectivity index (χ3v) is 2.91. The molecule has 0 radical (unpaired) electrons. The van der Waals surface area contributed by atoms with Crippen LogP contribution in [0.4, 0.5) is 13.2 Å². The lowest BCUT2D eigenvalue weighted by molar-refractivity contribution is -0.189. The van der Waals surface area contributed by atoms with E-state index in [1.54, 1.807) is 24.5 Å². The fraction of sp³-hybridized carbons (Fsp3) is 0.200. The van der Waals surface area contributed by atoms with E-state index < -0.39 is 12.1 Å². The number of pyridine rings is 1. The molecule has 0 N–H and O–H groups in total. The molecule has 2 rings (SSSR count). The number of aromatic nitrogens is 1. The van der Waals surface area contributed by atoms with Crippen molar-refractivity contribution in [3.8, 4) is 16.9 Å². The minimum Gasteiger partial charge on any atom is -0.420 e. The summed E-state index contributed by atoms with van der Waals surface area (Å²) in [7, 11) is 0. The Balaban J connectivity index is 2.26. The van der Waals surface area contributed by atoms with Gasteiger partial charge in [0.15, 0.2) is 0 Å². The molecule has 0 fully saturated rings. The van der Waals surface area contributed by atoms with E-state index in [1.807, 2.05) is 13.8 Å². The monoisotopic (exact) mass is 295 g/mol. The highest BCUT2D eigenvalue weighted by Gasteiger charge is 2.41. The van der Waals surface area contributed by atoms with Crippen LogP contribution in [0, 0.1) is 13.8 Å². The second-order valence-corrected chi connectivity index (χ2v) is 4.56. The minimum atomic E-state index is -5.00. The van der Waals surface area contributed by atoms with Gasteiger partial charge < -0.3 is 4.74 Å². The maximum atomic E-state index is 12.1. The Morgan fingerprint density at radius 1 is 1.05 bits per heavy atom. The van der Waals surface area contributed by atoms with Crippen LogP contribution in [-0.4, -0.2) is 17.1 Å². The number of alkyl halides is 3. The summed E-state index contributed by atoms with van der Waals surface area (Å²) in [4.78, 5) is 14.8. The predicted molar refractivity (Wildman–Crippen MR) is 70.8 cm³/mol. The molecule has 1 heterocycles. The molecule has 0 atom stereocenters. The van der Waals surface area contributed by atoms with Crippen LogP contribution >= 0.6 is 0 Å². The van der Waals surface area contributed by atoms with Crippen LogP contribution < -0.4 is 4.74 Å². The summed E-state index contributed by atoms with van der Waals surface area (Å²) in [6.45, 7) is 3.79. The van der Waals surface area contributed by atoms with Crippen molar-refractivity contribution < 1.29 is 22.7 Å². The van der Waals surface area contributed by atoms with E-state index in [1.165, 1.54) is 12.1 Å². The Bertz CT molecular complexity index is 643.